The van der Waals surface area contributed by atoms with Crippen molar-refractivity contribution >= 4 is 78.9 Å². The molecule has 25 nitrogen and oxygen atoms in total. The lowest BCUT2D eigenvalue weighted by molar-refractivity contribution is -0.158. The maximum atomic E-state index is 12.2. The summed E-state index contributed by atoms with van der Waals surface area (Å²) in [7, 11) is -3.14. The van der Waals surface area contributed by atoms with Gasteiger partial charge in [0.05, 0.1) is 66.6 Å². The predicted molar refractivity (Wildman–Crippen MR) is 371 cm³/mol. The van der Waals surface area contributed by atoms with Crippen LogP contribution in [0.3, 0.4) is 0 Å². The number of esters is 8. The Hall–Kier alpha value is -8.88. The van der Waals surface area contributed by atoms with Gasteiger partial charge in [0.2, 0.25) is 0 Å². The van der Waals surface area contributed by atoms with Crippen molar-refractivity contribution in [3.8, 4) is 23.0 Å². The van der Waals surface area contributed by atoms with E-state index < -0.39 is 55.6 Å². The Labute approximate surface area is 582 Å². The minimum Gasteiger partial charge on any atom is -0.494 e. The summed E-state index contributed by atoms with van der Waals surface area (Å²) in [6, 6.07) is 25.0. The van der Waals surface area contributed by atoms with E-state index in [1.807, 2.05) is 62.3 Å². The van der Waals surface area contributed by atoms with Crippen LogP contribution in [0.5, 0.6) is 23.0 Å². The van der Waals surface area contributed by atoms with Crippen LogP contribution in [-0.2, 0) is 62.0 Å². The Morgan fingerprint density at radius 2 is 0.818 bits per heavy atom. The maximum absolute atomic E-state index is 12.2. The molecule has 4 rings (SSSR count). The second-order valence-corrected chi connectivity index (χ2v) is 23.1. The highest BCUT2D eigenvalue weighted by Gasteiger charge is 2.27. The molecule has 6 N–H and O–H groups in total. The number of aliphatic hydroxyl groups excluding tert-OH is 1. The van der Waals surface area contributed by atoms with Crippen molar-refractivity contribution in [1.82, 2.24) is 0 Å². The van der Waals surface area contributed by atoms with Crippen LogP contribution >= 0.6 is 0 Å². The summed E-state index contributed by atoms with van der Waals surface area (Å²) in [5.41, 5.74) is 1.13. The molecule has 0 bridgehead atoms. The van der Waals surface area contributed by atoms with Crippen LogP contribution < -0.4 is 29.9 Å². The number of benzene rings is 4. The maximum Gasteiger partial charge on any atom is 0.488 e. The van der Waals surface area contributed by atoms with E-state index in [9.17, 15) is 48.3 Å². The number of carbonyl (C=O) groups excluding carboxylic acids is 8. The lowest BCUT2D eigenvalue weighted by Crippen LogP contribution is -2.29. The third-order valence-electron chi connectivity index (χ3n) is 14.5. The summed E-state index contributed by atoms with van der Waals surface area (Å²) < 4.78 is 51.3. The first-order valence-electron chi connectivity index (χ1n) is 32.8. The van der Waals surface area contributed by atoms with Gasteiger partial charge in [0, 0.05) is 11.6 Å². The molecular weight excluding hydrogens is 1290 g/mol. The molecule has 4 aromatic carbocycles. The van der Waals surface area contributed by atoms with Crippen molar-refractivity contribution in [2.75, 3.05) is 52.9 Å². The Balaban J connectivity index is 0.00000130. The second-order valence-electron chi connectivity index (χ2n) is 23.1. The van der Waals surface area contributed by atoms with Crippen molar-refractivity contribution in [3.05, 3.63) is 133 Å². The fourth-order valence-electron chi connectivity index (χ4n) is 6.55. The quantitative estimate of drug-likeness (QED) is 0.00615. The molecule has 0 amide bonds. The SMILES string of the molecule is C=C(C)C(=O)OCC(O)COC(=O)C(C)CC.C=CC(=O)OCCOC(=O)C(C)(C)CC.CCC(C)C(=O)O.CCC(C)C(=O)OCCCCOc1ccc(C(=O)Oc2ccc(B(O)O)cc2)cc1.CCC(C)C(=O)OCCCCOc1ccc(C(=O)Oc2ccc(B(O)O)cc2)cc1. The molecule has 0 saturated carbocycles. The Morgan fingerprint density at radius 1 is 0.475 bits per heavy atom. The molecule has 0 aliphatic heterocycles. The molecule has 0 aliphatic rings. The molecule has 0 aromatic heterocycles. The summed E-state index contributed by atoms with van der Waals surface area (Å²) in [5.74, 6) is -2.46. The number of aliphatic hydroxyl groups is 1. The fourth-order valence-corrected chi connectivity index (χ4v) is 6.55. The number of rotatable bonds is 37. The zero-order valence-electron chi connectivity index (χ0n) is 59.2. The lowest BCUT2D eigenvalue weighted by Gasteiger charge is -2.20. The van der Waals surface area contributed by atoms with Gasteiger partial charge >= 0.3 is 68.0 Å². The molecule has 0 saturated heterocycles. The first kappa shape index (κ1) is 90.1. The first-order valence-corrected chi connectivity index (χ1v) is 32.8. The number of carbonyl (C=O) groups is 9. The molecule has 5 atom stereocenters. The van der Waals surface area contributed by atoms with Crippen LogP contribution in [0, 0.1) is 29.1 Å². The number of carboxylic acid groups (broad SMARTS) is 1. The molecule has 27 heteroatoms. The van der Waals surface area contributed by atoms with E-state index in [0.717, 1.165) is 51.0 Å². The Morgan fingerprint density at radius 3 is 1.14 bits per heavy atom. The van der Waals surface area contributed by atoms with E-state index in [0.29, 0.717) is 84.3 Å². The van der Waals surface area contributed by atoms with Gasteiger partial charge in [0.1, 0.15) is 55.5 Å². The lowest BCUT2D eigenvalue weighted by atomic mass is 9.80. The summed E-state index contributed by atoms with van der Waals surface area (Å²) in [6.45, 7) is 30.0. The fraction of sp³-hybridized carbons (Fsp3) is 0.486. The van der Waals surface area contributed by atoms with E-state index in [1.165, 1.54) is 55.5 Å². The Kier molecular flexibility index (Phi) is 46.7. The minimum absolute atomic E-state index is 0.0659. The molecule has 0 fully saturated rings. The number of hydrogen-bond donors (Lipinski definition) is 6. The summed E-state index contributed by atoms with van der Waals surface area (Å²) in [4.78, 5) is 102. The second kappa shape index (κ2) is 51.3. The number of aliphatic carboxylic acids is 1. The van der Waals surface area contributed by atoms with Crippen molar-refractivity contribution in [2.24, 2.45) is 29.1 Å². The molecule has 99 heavy (non-hydrogen) atoms. The van der Waals surface area contributed by atoms with Crippen molar-refractivity contribution in [2.45, 2.75) is 147 Å². The van der Waals surface area contributed by atoms with Crippen LogP contribution in [0.1, 0.15) is 162 Å². The predicted octanol–water partition coefficient (Wildman–Crippen LogP) is 8.54. The molecular formula is C72H102B2O25. The van der Waals surface area contributed by atoms with E-state index in [2.05, 4.69) is 17.9 Å². The van der Waals surface area contributed by atoms with Crippen molar-refractivity contribution < 1.29 is 121 Å². The smallest absolute Gasteiger partial charge is 0.488 e. The monoisotopic (exact) mass is 1390 g/mol. The highest BCUT2D eigenvalue weighted by atomic mass is 16.6. The molecule has 0 aliphatic carbocycles. The third kappa shape index (κ3) is 40.6. The van der Waals surface area contributed by atoms with Gasteiger partial charge in [-0.2, -0.15) is 0 Å². The van der Waals surface area contributed by atoms with Gasteiger partial charge in [-0.25, -0.2) is 19.2 Å². The number of ether oxygens (including phenoxy) is 10. The van der Waals surface area contributed by atoms with Crippen molar-refractivity contribution in [3.63, 3.8) is 0 Å². The van der Waals surface area contributed by atoms with E-state index >= 15 is 0 Å². The van der Waals surface area contributed by atoms with Gasteiger partial charge in [-0.1, -0.05) is 99.7 Å². The van der Waals surface area contributed by atoms with Gasteiger partial charge in [0.25, 0.3) is 0 Å². The van der Waals surface area contributed by atoms with Crippen molar-refractivity contribution in [1.29, 1.82) is 0 Å². The molecule has 0 radical (unpaired) electrons. The number of unbranched alkanes of at least 4 members (excludes halogenated alkanes) is 2. The van der Waals surface area contributed by atoms with Crippen LogP contribution in [0.2, 0.25) is 0 Å². The molecule has 0 spiro atoms. The average molecular weight is 1390 g/mol. The number of hydrogen-bond acceptors (Lipinski definition) is 24. The van der Waals surface area contributed by atoms with Crippen LogP contribution in [0.4, 0.5) is 0 Å². The average Bonchev–Trinajstić information content (AvgIpc) is 0.925. The van der Waals surface area contributed by atoms with Crippen LogP contribution in [0.25, 0.3) is 0 Å². The molecule has 4 aromatic rings. The standard InChI is InChI=1S/2C22H27BO7.C12H20O5.C11H18O4.C5H10O2/c2*1-3-16(2)21(24)29-15-5-4-14-28-19-10-6-17(7-11-19)22(25)30-20-12-8-18(9-13-20)23(26)27;1-5-9(4)12(15)17-7-10(13)6-16-11(14)8(2)3;1-5-9(12)14-7-8-15-10(13)11(3,4)6-2;1-3-4(2)5(6)7/h2*6-13,16,26-27H,3-5,14-15H2,1-2H3;9-10,13H,2,5-7H2,1,3-4H3;5H,1,6-8H2,2-4H3;4H,3H2,1-2H3,(H,6,7). The summed E-state index contributed by atoms with van der Waals surface area (Å²) in [6.07, 6.45) is 6.64. The van der Waals surface area contributed by atoms with Gasteiger partial charge in [-0.15, -0.1) is 0 Å². The van der Waals surface area contributed by atoms with Crippen LogP contribution in [0.15, 0.2) is 122 Å². The highest BCUT2D eigenvalue weighted by molar-refractivity contribution is 6.59. The van der Waals surface area contributed by atoms with E-state index in [4.69, 9.17) is 67.8 Å². The Bertz CT molecular complexity index is 2900. The van der Waals surface area contributed by atoms with Gasteiger partial charge in [-0.3, -0.25) is 24.0 Å². The molecule has 546 valence electrons. The first-order chi connectivity index (χ1) is 46.8. The molecule has 0 heterocycles. The topological polar surface area (TPSA) is 367 Å². The number of carboxylic acids is 1. The van der Waals surface area contributed by atoms with E-state index in [-0.39, 0.29) is 79.5 Å². The highest BCUT2D eigenvalue weighted by Crippen LogP contribution is 2.22. The summed E-state index contributed by atoms with van der Waals surface area (Å²) in [5, 5.41) is 53.9. The van der Waals surface area contributed by atoms with Gasteiger partial charge in [0.15, 0.2) is 0 Å². The zero-order chi connectivity index (χ0) is 75.0. The zero-order valence-corrected chi connectivity index (χ0v) is 59.2. The summed E-state index contributed by atoms with van der Waals surface area (Å²) >= 11 is 0. The largest absolute Gasteiger partial charge is 0.494 e. The van der Waals surface area contributed by atoms with Gasteiger partial charge in [-0.05, 0) is 162 Å². The van der Waals surface area contributed by atoms with Crippen LogP contribution in [-0.4, -0.2) is 157 Å². The third-order valence-corrected chi connectivity index (χ3v) is 14.5. The molecule has 5 unspecified atom stereocenters. The van der Waals surface area contributed by atoms with E-state index in [1.54, 1.807) is 62.4 Å². The normalized spacial score (nSPS) is 11.8. The minimum atomic E-state index is -1.57. The van der Waals surface area contributed by atoms with Gasteiger partial charge < -0.3 is 77.7 Å².